The number of amides is 2. The predicted molar refractivity (Wildman–Crippen MR) is 152 cm³/mol. The second kappa shape index (κ2) is 12.4. The van der Waals surface area contributed by atoms with Crippen molar-refractivity contribution in [3.05, 3.63) is 52.0 Å². The summed E-state index contributed by atoms with van der Waals surface area (Å²) in [4.78, 5) is 37.5. The van der Waals surface area contributed by atoms with Crippen molar-refractivity contribution in [3.8, 4) is 0 Å². The van der Waals surface area contributed by atoms with Crippen LogP contribution < -0.4 is 5.32 Å². The number of hydrogen-bond acceptors (Lipinski definition) is 4. The second-order valence-corrected chi connectivity index (χ2v) is 12.0. The van der Waals surface area contributed by atoms with Gasteiger partial charge in [-0.3, -0.25) is 9.59 Å². The van der Waals surface area contributed by atoms with Gasteiger partial charge in [0, 0.05) is 72.2 Å². The zero-order valence-corrected chi connectivity index (χ0v) is 24.3. The van der Waals surface area contributed by atoms with Gasteiger partial charge in [0.15, 0.2) is 5.54 Å². The number of imidazole rings is 1. The van der Waals surface area contributed by atoms with Crippen molar-refractivity contribution in [1.82, 2.24) is 25.1 Å². The summed E-state index contributed by atoms with van der Waals surface area (Å²) in [6.45, 7) is 5.12. The predicted octanol–water partition coefficient (Wildman–Crippen LogP) is 4.17. The van der Waals surface area contributed by atoms with Gasteiger partial charge in [-0.05, 0) is 37.0 Å². The van der Waals surface area contributed by atoms with Gasteiger partial charge in [-0.2, -0.15) is 0 Å². The highest BCUT2D eigenvalue weighted by molar-refractivity contribution is 6.42. The normalized spacial score (nSPS) is 19.5. The average Bonchev–Trinajstić information content (AvgIpc) is 3.47. The summed E-state index contributed by atoms with van der Waals surface area (Å²) in [5.41, 5.74) is 1.02. The van der Waals surface area contributed by atoms with Crippen LogP contribution in [0.4, 0.5) is 0 Å². The first-order chi connectivity index (χ1) is 18.2. The van der Waals surface area contributed by atoms with Crippen LogP contribution in [0.3, 0.4) is 0 Å². The maximum Gasteiger partial charge on any atom is 0.283 e. The first kappa shape index (κ1) is 28.9. The number of aromatic amines is 1. The molecule has 208 valence electrons. The summed E-state index contributed by atoms with van der Waals surface area (Å²) in [6, 6.07) is 5.77. The van der Waals surface area contributed by atoms with E-state index in [0.29, 0.717) is 22.3 Å². The Kier molecular flexibility index (Phi) is 9.40. The molecule has 1 aromatic heterocycles. The molecule has 0 spiro atoms. The molecular formula is C28H41Cl2N6O2+. The molecule has 2 amide bonds. The minimum Gasteiger partial charge on any atom is -0.350 e. The number of likely N-dealkylation sites (N-methyl/N-ethyl adjacent to an activating group) is 2. The Labute approximate surface area is 236 Å². The molecule has 2 N–H and O–H groups in total. The standard InChI is InChI=1S/C28H40Cl2N6O2/c1-34(2)27(38)28(10-12-31-13-11-28)36(14-5-4-6-15-36)16-9-22(21-7-8-23(29)24(30)17-21)19-35(3)26(37)25-18-32-20-33-25/h7-8,17-18,20,22,31H,4-6,9-16,19H2,1-3H3/p+1. The van der Waals surface area contributed by atoms with Crippen LogP contribution in [-0.4, -0.2) is 102 Å². The quantitative estimate of drug-likeness (QED) is 0.448. The fraction of sp³-hybridized carbons (Fsp3) is 0.607. The molecule has 2 saturated heterocycles. The van der Waals surface area contributed by atoms with Gasteiger partial charge in [0.25, 0.3) is 11.8 Å². The number of hydrogen-bond donors (Lipinski definition) is 2. The SMILES string of the molecule is CN(C)C(=O)C1([N+]2(CCC(CN(C)C(=O)c3c[nH]cn3)c3ccc(Cl)c(Cl)c3)CCCCC2)CCNCC1. The Balaban J connectivity index is 1.65. The summed E-state index contributed by atoms with van der Waals surface area (Å²) in [5, 5.41) is 4.51. The lowest BCUT2D eigenvalue weighted by molar-refractivity contribution is -0.972. The summed E-state index contributed by atoms with van der Waals surface area (Å²) in [5.74, 6) is 0.149. The van der Waals surface area contributed by atoms with E-state index in [0.717, 1.165) is 74.9 Å². The molecular weight excluding hydrogens is 523 g/mol. The van der Waals surface area contributed by atoms with Crippen LogP contribution in [0.5, 0.6) is 0 Å². The van der Waals surface area contributed by atoms with Crippen LogP contribution in [0.25, 0.3) is 0 Å². The zero-order valence-electron chi connectivity index (χ0n) is 22.8. The van der Waals surface area contributed by atoms with E-state index in [9.17, 15) is 9.59 Å². The van der Waals surface area contributed by atoms with Crippen LogP contribution in [0.15, 0.2) is 30.7 Å². The molecule has 0 bridgehead atoms. The highest BCUT2D eigenvalue weighted by Crippen LogP contribution is 2.40. The van der Waals surface area contributed by atoms with Gasteiger partial charge >= 0.3 is 0 Å². The number of H-pyrrole nitrogens is 1. The summed E-state index contributed by atoms with van der Waals surface area (Å²) < 4.78 is 0.820. The first-order valence-corrected chi connectivity index (χ1v) is 14.4. The van der Waals surface area contributed by atoms with E-state index in [1.165, 1.54) is 12.7 Å². The monoisotopic (exact) mass is 563 g/mol. The Morgan fingerprint density at radius 2 is 1.79 bits per heavy atom. The van der Waals surface area contributed by atoms with Gasteiger partial charge in [-0.15, -0.1) is 0 Å². The molecule has 1 unspecified atom stereocenters. The van der Waals surface area contributed by atoms with E-state index in [-0.39, 0.29) is 17.7 Å². The van der Waals surface area contributed by atoms with E-state index in [4.69, 9.17) is 23.2 Å². The van der Waals surface area contributed by atoms with Gasteiger partial charge in [0.1, 0.15) is 5.69 Å². The minimum atomic E-state index is -0.422. The highest BCUT2D eigenvalue weighted by atomic mass is 35.5. The molecule has 2 aliphatic heterocycles. The smallest absolute Gasteiger partial charge is 0.283 e. The van der Waals surface area contributed by atoms with Crippen molar-refractivity contribution >= 4 is 35.0 Å². The number of carbonyl (C=O) groups excluding carboxylic acids is 2. The maximum atomic E-state index is 13.9. The van der Waals surface area contributed by atoms with E-state index in [1.54, 1.807) is 16.0 Å². The van der Waals surface area contributed by atoms with Crippen molar-refractivity contribution in [2.75, 3.05) is 60.4 Å². The summed E-state index contributed by atoms with van der Waals surface area (Å²) in [6.07, 6.45) is 9.12. The molecule has 10 heteroatoms. The lowest BCUT2D eigenvalue weighted by Gasteiger charge is -2.56. The Morgan fingerprint density at radius 3 is 2.39 bits per heavy atom. The Morgan fingerprint density at radius 1 is 1.08 bits per heavy atom. The van der Waals surface area contributed by atoms with Crippen molar-refractivity contribution in [2.45, 2.75) is 50.0 Å². The van der Waals surface area contributed by atoms with Gasteiger partial charge in [-0.1, -0.05) is 29.3 Å². The Hall–Kier alpha value is -2.13. The summed E-state index contributed by atoms with van der Waals surface area (Å²) in [7, 11) is 5.60. The van der Waals surface area contributed by atoms with E-state index in [2.05, 4.69) is 15.3 Å². The van der Waals surface area contributed by atoms with Crippen LogP contribution in [0, 0.1) is 0 Å². The fourth-order valence-corrected chi connectivity index (χ4v) is 6.96. The maximum absolute atomic E-state index is 13.9. The largest absolute Gasteiger partial charge is 0.350 e. The fourth-order valence-electron chi connectivity index (χ4n) is 6.65. The number of quaternary nitrogens is 1. The third-order valence-electron chi connectivity index (χ3n) is 8.69. The molecule has 0 saturated carbocycles. The molecule has 38 heavy (non-hydrogen) atoms. The molecule has 3 heterocycles. The van der Waals surface area contributed by atoms with E-state index < -0.39 is 5.54 Å². The molecule has 2 aromatic rings. The van der Waals surface area contributed by atoms with Crippen LogP contribution in [0.1, 0.15) is 60.5 Å². The molecule has 2 aliphatic rings. The van der Waals surface area contributed by atoms with Crippen molar-refractivity contribution in [2.24, 2.45) is 0 Å². The lowest BCUT2D eigenvalue weighted by Crippen LogP contribution is -2.74. The molecule has 2 fully saturated rings. The lowest BCUT2D eigenvalue weighted by atomic mass is 9.79. The molecule has 4 rings (SSSR count). The van der Waals surface area contributed by atoms with Crippen molar-refractivity contribution < 1.29 is 14.1 Å². The number of benzene rings is 1. The Bertz CT molecular complexity index is 1090. The van der Waals surface area contributed by atoms with Gasteiger partial charge < -0.3 is 24.6 Å². The number of likely N-dealkylation sites (tertiary alicyclic amines) is 1. The third-order valence-corrected chi connectivity index (χ3v) is 9.43. The molecule has 0 radical (unpaired) electrons. The number of rotatable bonds is 9. The average molecular weight is 565 g/mol. The highest BCUT2D eigenvalue weighted by Gasteiger charge is 2.57. The molecule has 1 aromatic carbocycles. The van der Waals surface area contributed by atoms with E-state index in [1.807, 2.05) is 39.3 Å². The molecule has 8 nitrogen and oxygen atoms in total. The van der Waals surface area contributed by atoms with Crippen molar-refractivity contribution in [1.29, 1.82) is 0 Å². The van der Waals surface area contributed by atoms with Crippen LogP contribution in [0.2, 0.25) is 10.0 Å². The topological polar surface area (TPSA) is 81.3 Å². The zero-order chi connectivity index (χ0) is 27.3. The molecule has 1 atom stereocenters. The number of piperidine rings is 2. The number of nitrogens with zero attached hydrogens (tertiary/aromatic N) is 4. The first-order valence-electron chi connectivity index (χ1n) is 13.7. The van der Waals surface area contributed by atoms with Crippen LogP contribution in [-0.2, 0) is 4.79 Å². The van der Waals surface area contributed by atoms with E-state index >= 15 is 0 Å². The molecule has 0 aliphatic carbocycles. The number of halogens is 2. The number of aromatic nitrogens is 2. The third kappa shape index (κ3) is 5.88. The number of carbonyl (C=O) groups is 2. The summed E-state index contributed by atoms with van der Waals surface area (Å²) >= 11 is 12.7. The minimum absolute atomic E-state index is 0.0304. The van der Waals surface area contributed by atoms with Gasteiger partial charge in [0.2, 0.25) is 0 Å². The van der Waals surface area contributed by atoms with Gasteiger partial charge in [-0.25, -0.2) is 4.98 Å². The van der Waals surface area contributed by atoms with Crippen molar-refractivity contribution in [3.63, 3.8) is 0 Å². The second-order valence-electron chi connectivity index (χ2n) is 11.2. The van der Waals surface area contributed by atoms with Crippen LogP contribution >= 0.6 is 23.2 Å². The van der Waals surface area contributed by atoms with Gasteiger partial charge in [0.05, 0.1) is 36.0 Å². The number of nitrogens with one attached hydrogen (secondary N) is 2.